The van der Waals surface area contributed by atoms with E-state index in [-0.39, 0.29) is 5.91 Å². The molecule has 0 saturated heterocycles. The Labute approximate surface area is 121 Å². The van der Waals surface area contributed by atoms with Crippen molar-refractivity contribution in [2.24, 2.45) is 0 Å². The van der Waals surface area contributed by atoms with E-state index in [1.807, 2.05) is 18.2 Å². The summed E-state index contributed by atoms with van der Waals surface area (Å²) in [6, 6.07) is 13.8. The number of carbonyl (C=O) groups excluding carboxylic acids is 1. The van der Waals surface area contributed by atoms with Crippen LogP contribution in [0.15, 0.2) is 36.4 Å². The fourth-order valence-corrected chi connectivity index (χ4v) is 2.54. The first kappa shape index (κ1) is 12.1. The maximum Gasteiger partial charge on any atom is 0.270 e. The van der Waals surface area contributed by atoms with E-state index in [4.69, 9.17) is 9.47 Å². The second-order valence-corrected chi connectivity index (χ2v) is 4.94. The highest BCUT2D eigenvalue weighted by molar-refractivity contribution is 5.98. The van der Waals surface area contributed by atoms with Gasteiger partial charge in [-0.3, -0.25) is 4.79 Å². The van der Waals surface area contributed by atoms with Crippen LogP contribution >= 0.6 is 0 Å². The maximum absolute atomic E-state index is 12.2. The molecule has 5 nitrogen and oxygen atoms in total. The van der Waals surface area contributed by atoms with Gasteiger partial charge in [-0.15, -0.1) is 0 Å². The van der Waals surface area contributed by atoms with E-state index in [2.05, 4.69) is 16.7 Å². The summed E-state index contributed by atoms with van der Waals surface area (Å²) in [6.07, 6.45) is -0.658. The molecule has 2 heterocycles. The second-order valence-electron chi connectivity index (χ2n) is 4.94. The molecule has 0 fully saturated rings. The molecule has 4 rings (SSSR count). The SMILES string of the molecule is O=C1Nc2c[c]ccc2OC1c1ccc2c(c1)NCCO2. The van der Waals surface area contributed by atoms with Crippen LogP contribution in [0.1, 0.15) is 11.7 Å². The number of carbonyl (C=O) groups is 1. The molecule has 21 heavy (non-hydrogen) atoms. The van der Waals surface area contributed by atoms with Crippen molar-refractivity contribution in [3.63, 3.8) is 0 Å². The first-order valence-electron chi connectivity index (χ1n) is 6.79. The van der Waals surface area contributed by atoms with Crippen LogP contribution in [-0.2, 0) is 4.79 Å². The quantitative estimate of drug-likeness (QED) is 0.842. The second kappa shape index (κ2) is 4.70. The Morgan fingerprint density at radius 2 is 2.14 bits per heavy atom. The number of benzene rings is 2. The summed E-state index contributed by atoms with van der Waals surface area (Å²) in [6.45, 7) is 1.41. The van der Waals surface area contributed by atoms with Crippen molar-refractivity contribution < 1.29 is 14.3 Å². The Morgan fingerprint density at radius 3 is 3.10 bits per heavy atom. The third-order valence-electron chi connectivity index (χ3n) is 3.55. The molecule has 1 atom stereocenters. The van der Waals surface area contributed by atoms with E-state index in [0.717, 1.165) is 23.5 Å². The average Bonchev–Trinajstić information content (AvgIpc) is 2.54. The van der Waals surface area contributed by atoms with Crippen LogP contribution in [0.25, 0.3) is 0 Å². The maximum atomic E-state index is 12.2. The lowest BCUT2D eigenvalue weighted by molar-refractivity contribution is -0.123. The number of ether oxygens (including phenoxy) is 2. The third kappa shape index (κ3) is 2.07. The molecule has 5 heteroatoms. The van der Waals surface area contributed by atoms with Gasteiger partial charge in [0, 0.05) is 12.1 Å². The molecular formula is C16H13N2O3. The van der Waals surface area contributed by atoms with Crippen molar-refractivity contribution in [1.29, 1.82) is 0 Å². The van der Waals surface area contributed by atoms with E-state index in [1.54, 1.807) is 18.2 Å². The summed E-state index contributed by atoms with van der Waals surface area (Å²) in [5.41, 5.74) is 2.34. The molecule has 0 aromatic heterocycles. The minimum Gasteiger partial charge on any atom is -0.490 e. The zero-order valence-corrected chi connectivity index (χ0v) is 11.2. The lowest BCUT2D eigenvalue weighted by Gasteiger charge is -2.27. The van der Waals surface area contributed by atoms with Gasteiger partial charge in [-0.25, -0.2) is 0 Å². The molecule has 0 saturated carbocycles. The number of rotatable bonds is 1. The molecule has 0 aliphatic carbocycles. The first-order chi connectivity index (χ1) is 10.3. The van der Waals surface area contributed by atoms with Gasteiger partial charge in [-0.2, -0.15) is 0 Å². The molecule has 2 aliphatic heterocycles. The number of hydrogen-bond donors (Lipinski definition) is 2. The fraction of sp³-hybridized carbons (Fsp3) is 0.188. The number of amides is 1. The monoisotopic (exact) mass is 281 g/mol. The Kier molecular flexibility index (Phi) is 2.70. The number of hydrogen-bond acceptors (Lipinski definition) is 4. The van der Waals surface area contributed by atoms with Crippen molar-refractivity contribution in [2.75, 3.05) is 23.8 Å². The van der Waals surface area contributed by atoms with Gasteiger partial charge in [0.2, 0.25) is 6.10 Å². The van der Waals surface area contributed by atoms with Gasteiger partial charge in [0.15, 0.2) is 0 Å². The zero-order chi connectivity index (χ0) is 14.2. The van der Waals surface area contributed by atoms with Crippen LogP contribution < -0.4 is 20.1 Å². The van der Waals surface area contributed by atoms with Crippen molar-refractivity contribution in [3.8, 4) is 11.5 Å². The zero-order valence-electron chi connectivity index (χ0n) is 11.2. The molecule has 2 aromatic rings. The van der Waals surface area contributed by atoms with Gasteiger partial charge in [-0.1, -0.05) is 12.1 Å². The summed E-state index contributed by atoms with van der Waals surface area (Å²) in [5.74, 6) is 1.27. The van der Waals surface area contributed by atoms with Crippen LogP contribution in [0, 0.1) is 6.07 Å². The lowest BCUT2D eigenvalue weighted by atomic mass is 10.0. The molecule has 2 N–H and O–H groups in total. The van der Waals surface area contributed by atoms with Gasteiger partial charge in [0.25, 0.3) is 5.91 Å². The largest absolute Gasteiger partial charge is 0.490 e. The molecular weight excluding hydrogens is 268 g/mol. The van der Waals surface area contributed by atoms with Gasteiger partial charge >= 0.3 is 0 Å². The van der Waals surface area contributed by atoms with Gasteiger partial charge in [-0.05, 0) is 30.3 Å². The van der Waals surface area contributed by atoms with Crippen LogP contribution in [0.2, 0.25) is 0 Å². The van der Waals surface area contributed by atoms with Crippen LogP contribution in [0.4, 0.5) is 11.4 Å². The highest BCUT2D eigenvalue weighted by Gasteiger charge is 2.29. The van der Waals surface area contributed by atoms with Gasteiger partial charge < -0.3 is 20.1 Å². The van der Waals surface area contributed by atoms with E-state index >= 15 is 0 Å². The molecule has 1 amide bonds. The minimum absolute atomic E-state index is 0.182. The smallest absolute Gasteiger partial charge is 0.270 e. The van der Waals surface area contributed by atoms with Crippen LogP contribution in [0.3, 0.4) is 0 Å². The predicted octanol–water partition coefficient (Wildman–Crippen LogP) is 2.36. The van der Waals surface area contributed by atoms with Gasteiger partial charge in [0.05, 0.1) is 11.4 Å². The summed E-state index contributed by atoms with van der Waals surface area (Å²) >= 11 is 0. The number of fused-ring (bicyclic) bond motifs is 2. The van der Waals surface area contributed by atoms with E-state index in [0.29, 0.717) is 18.0 Å². The standard InChI is InChI=1S/C16H13N2O3/c19-16-15(21-14-4-2-1-3-11(14)18-16)10-5-6-13-12(9-10)17-7-8-20-13/h2-6,9,15,17H,7-8H2,(H,18,19). The Balaban J connectivity index is 1.69. The molecule has 2 aliphatic rings. The Morgan fingerprint density at radius 1 is 1.19 bits per heavy atom. The summed E-state index contributed by atoms with van der Waals surface area (Å²) in [5, 5.41) is 6.10. The fourth-order valence-electron chi connectivity index (χ4n) is 2.54. The number of nitrogens with one attached hydrogen (secondary N) is 2. The molecule has 1 unspecified atom stereocenters. The van der Waals surface area contributed by atoms with Crippen molar-refractivity contribution >= 4 is 17.3 Å². The third-order valence-corrected chi connectivity index (χ3v) is 3.55. The highest BCUT2D eigenvalue weighted by atomic mass is 16.5. The summed E-state index contributed by atoms with van der Waals surface area (Å²) in [7, 11) is 0. The lowest BCUT2D eigenvalue weighted by Crippen LogP contribution is -2.30. The van der Waals surface area contributed by atoms with Crippen molar-refractivity contribution in [2.45, 2.75) is 6.10 Å². The molecule has 2 aromatic carbocycles. The normalized spacial score (nSPS) is 19.2. The Bertz CT molecular complexity index is 714. The van der Waals surface area contributed by atoms with E-state index in [9.17, 15) is 4.79 Å². The van der Waals surface area contributed by atoms with Crippen molar-refractivity contribution in [3.05, 3.63) is 48.0 Å². The molecule has 1 radical (unpaired) electrons. The first-order valence-corrected chi connectivity index (χ1v) is 6.79. The van der Waals surface area contributed by atoms with Crippen LogP contribution in [-0.4, -0.2) is 19.1 Å². The number of anilines is 2. The van der Waals surface area contributed by atoms with Crippen molar-refractivity contribution in [1.82, 2.24) is 0 Å². The minimum atomic E-state index is -0.658. The molecule has 0 spiro atoms. The van der Waals surface area contributed by atoms with E-state index in [1.165, 1.54) is 0 Å². The summed E-state index contributed by atoms with van der Waals surface area (Å²) < 4.78 is 11.4. The topological polar surface area (TPSA) is 59.6 Å². The predicted molar refractivity (Wildman–Crippen MR) is 77.7 cm³/mol. The van der Waals surface area contributed by atoms with E-state index < -0.39 is 6.10 Å². The van der Waals surface area contributed by atoms with Crippen LogP contribution in [0.5, 0.6) is 11.5 Å². The highest BCUT2D eigenvalue weighted by Crippen LogP contribution is 2.37. The molecule has 0 bridgehead atoms. The summed E-state index contributed by atoms with van der Waals surface area (Å²) in [4.78, 5) is 12.2. The molecule has 105 valence electrons. The Hall–Kier alpha value is -2.69. The van der Waals surface area contributed by atoms with Gasteiger partial charge in [0.1, 0.15) is 18.1 Å². The average molecular weight is 281 g/mol.